The number of carboxylic acids is 1. The molecule has 0 saturated heterocycles. The maximum absolute atomic E-state index is 11.1. The van der Waals surface area contributed by atoms with E-state index in [0.29, 0.717) is 12.2 Å². The summed E-state index contributed by atoms with van der Waals surface area (Å²) in [7, 11) is 0. The Labute approximate surface area is 99.7 Å². The topological polar surface area (TPSA) is 68.2 Å². The first kappa shape index (κ1) is 11.5. The van der Waals surface area contributed by atoms with E-state index >= 15 is 0 Å². The van der Waals surface area contributed by atoms with Gasteiger partial charge in [-0.2, -0.15) is 0 Å². The lowest BCUT2D eigenvalue weighted by atomic mass is 9.94. The van der Waals surface area contributed by atoms with E-state index in [2.05, 4.69) is 0 Å². The van der Waals surface area contributed by atoms with Crippen molar-refractivity contribution in [3.8, 4) is 0 Å². The third kappa shape index (κ3) is 1.98. The molecule has 2 rings (SSSR count). The molecule has 3 N–H and O–H groups in total. The molecule has 0 atom stereocenters. The van der Waals surface area contributed by atoms with Gasteiger partial charge in [0.15, 0.2) is 0 Å². The van der Waals surface area contributed by atoms with Gasteiger partial charge in [-0.25, -0.2) is 0 Å². The normalized spacial score (nSPS) is 11.9. The van der Waals surface area contributed by atoms with Crippen molar-refractivity contribution in [2.45, 2.75) is 20.4 Å². The highest BCUT2D eigenvalue weighted by Crippen LogP contribution is 2.26. The molecule has 1 aromatic carbocycles. The van der Waals surface area contributed by atoms with E-state index in [1.54, 1.807) is 13.8 Å². The summed E-state index contributed by atoms with van der Waals surface area (Å²) in [4.78, 5) is 11.1. The number of nitrogen functional groups attached to an aromatic ring is 1. The van der Waals surface area contributed by atoms with E-state index in [-0.39, 0.29) is 0 Å². The molecule has 0 spiro atoms. The van der Waals surface area contributed by atoms with E-state index in [1.165, 1.54) is 0 Å². The molecule has 0 radical (unpaired) electrons. The SMILES string of the molecule is CC(C)(Cn1ccc2cccc(N)c21)C(=O)O. The Morgan fingerprint density at radius 3 is 2.76 bits per heavy atom. The van der Waals surface area contributed by atoms with E-state index in [4.69, 9.17) is 10.8 Å². The summed E-state index contributed by atoms with van der Waals surface area (Å²) in [6.07, 6.45) is 1.88. The Kier molecular flexibility index (Phi) is 2.58. The van der Waals surface area contributed by atoms with Gasteiger partial charge in [-0.3, -0.25) is 4.79 Å². The maximum atomic E-state index is 11.1. The Morgan fingerprint density at radius 1 is 1.41 bits per heavy atom. The highest BCUT2D eigenvalue weighted by molar-refractivity contribution is 5.90. The second-order valence-corrected chi connectivity index (χ2v) is 4.92. The summed E-state index contributed by atoms with van der Waals surface area (Å²) in [5.74, 6) is -0.811. The predicted octanol–water partition coefficient (Wildman–Crippen LogP) is 2.33. The van der Waals surface area contributed by atoms with Crippen LogP contribution in [0.2, 0.25) is 0 Å². The van der Waals surface area contributed by atoms with Crippen molar-refractivity contribution in [1.29, 1.82) is 0 Å². The molecule has 0 bridgehead atoms. The maximum Gasteiger partial charge on any atom is 0.310 e. The van der Waals surface area contributed by atoms with Crippen LogP contribution in [0, 0.1) is 5.41 Å². The minimum absolute atomic E-state index is 0.403. The monoisotopic (exact) mass is 232 g/mol. The van der Waals surface area contributed by atoms with Gasteiger partial charge in [0, 0.05) is 18.1 Å². The third-order valence-corrected chi connectivity index (χ3v) is 2.96. The van der Waals surface area contributed by atoms with Gasteiger partial charge in [-0.05, 0) is 26.0 Å². The number of carboxylic acid groups (broad SMARTS) is 1. The van der Waals surface area contributed by atoms with E-state index in [0.717, 1.165) is 10.9 Å². The predicted molar refractivity (Wildman–Crippen MR) is 67.8 cm³/mol. The molecular formula is C13H16N2O2. The number of nitrogens with zero attached hydrogens (tertiary/aromatic N) is 1. The number of hydrogen-bond acceptors (Lipinski definition) is 2. The fourth-order valence-corrected chi connectivity index (χ4v) is 1.92. The van der Waals surface area contributed by atoms with Crippen LogP contribution in [0.15, 0.2) is 30.5 Å². The Morgan fingerprint density at radius 2 is 2.12 bits per heavy atom. The summed E-state index contributed by atoms with van der Waals surface area (Å²) >= 11 is 0. The second kappa shape index (κ2) is 3.80. The number of fused-ring (bicyclic) bond motifs is 1. The van der Waals surface area contributed by atoms with Crippen molar-refractivity contribution in [1.82, 2.24) is 4.57 Å². The van der Waals surface area contributed by atoms with Crippen LogP contribution >= 0.6 is 0 Å². The van der Waals surface area contributed by atoms with Gasteiger partial charge in [0.2, 0.25) is 0 Å². The summed E-state index contributed by atoms with van der Waals surface area (Å²) in [6.45, 7) is 3.82. The lowest BCUT2D eigenvalue weighted by molar-refractivity contribution is -0.147. The summed E-state index contributed by atoms with van der Waals surface area (Å²) in [6, 6.07) is 7.64. The average Bonchev–Trinajstić information content (AvgIpc) is 2.62. The first-order valence-electron chi connectivity index (χ1n) is 5.48. The zero-order valence-electron chi connectivity index (χ0n) is 9.97. The molecule has 4 nitrogen and oxygen atoms in total. The Balaban J connectivity index is 2.47. The van der Waals surface area contributed by atoms with Gasteiger partial charge in [0.1, 0.15) is 0 Å². The van der Waals surface area contributed by atoms with Gasteiger partial charge >= 0.3 is 5.97 Å². The number of para-hydroxylation sites is 1. The minimum atomic E-state index is -0.811. The van der Waals surface area contributed by atoms with Crippen molar-refractivity contribution in [3.05, 3.63) is 30.5 Å². The molecule has 0 aliphatic rings. The zero-order valence-corrected chi connectivity index (χ0v) is 9.97. The molecule has 0 saturated carbocycles. The van der Waals surface area contributed by atoms with Crippen molar-refractivity contribution >= 4 is 22.6 Å². The number of aromatic nitrogens is 1. The van der Waals surface area contributed by atoms with Crippen LogP contribution in [0.25, 0.3) is 10.9 Å². The van der Waals surface area contributed by atoms with Crippen molar-refractivity contribution < 1.29 is 9.90 Å². The van der Waals surface area contributed by atoms with Crippen molar-refractivity contribution in [2.75, 3.05) is 5.73 Å². The lowest BCUT2D eigenvalue weighted by Crippen LogP contribution is -2.28. The van der Waals surface area contributed by atoms with Gasteiger partial charge < -0.3 is 15.4 Å². The van der Waals surface area contributed by atoms with Gasteiger partial charge in [-0.1, -0.05) is 12.1 Å². The third-order valence-electron chi connectivity index (χ3n) is 2.96. The standard InChI is InChI=1S/C13H16N2O2/c1-13(2,12(16)17)8-15-7-6-9-4-3-5-10(14)11(9)15/h3-7H,8,14H2,1-2H3,(H,16,17). The Hall–Kier alpha value is -1.97. The molecule has 0 amide bonds. The molecule has 90 valence electrons. The van der Waals surface area contributed by atoms with Crippen LogP contribution in [0.5, 0.6) is 0 Å². The first-order valence-corrected chi connectivity index (χ1v) is 5.48. The van der Waals surface area contributed by atoms with Crippen LogP contribution < -0.4 is 5.73 Å². The molecular weight excluding hydrogens is 216 g/mol. The summed E-state index contributed by atoms with van der Waals surface area (Å²) in [5, 5.41) is 10.2. The van der Waals surface area contributed by atoms with Gasteiger partial charge in [0.25, 0.3) is 0 Å². The lowest BCUT2D eigenvalue weighted by Gasteiger charge is -2.20. The van der Waals surface area contributed by atoms with E-state index in [9.17, 15) is 4.79 Å². The highest BCUT2D eigenvalue weighted by Gasteiger charge is 2.28. The summed E-state index contributed by atoms with van der Waals surface area (Å²) in [5.41, 5.74) is 6.70. The molecule has 2 aromatic rings. The summed E-state index contributed by atoms with van der Waals surface area (Å²) < 4.78 is 1.90. The quantitative estimate of drug-likeness (QED) is 0.798. The number of carbonyl (C=O) groups is 1. The molecule has 0 fully saturated rings. The fraction of sp³-hybridized carbons (Fsp3) is 0.308. The number of nitrogens with two attached hydrogens (primary N) is 1. The molecule has 17 heavy (non-hydrogen) atoms. The number of anilines is 1. The van der Waals surface area contributed by atoms with E-state index < -0.39 is 11.4 Å². The van der Waals surface area contributed by atoms with Gasteiger partial charge in [0.05, 0.1) is 16.6 Å². The molecule has 0 aliphatic heterocycles. The molecule has 4 heteroatoms. The highest BCUT2D eigenvalue weighted by atomic mass is 16.4. The van der Waals surface area contributed by atoms with E-state index in [1.807, 2.05) is 35.0 Å². The van der Waals surface area contributed by atoms with Crippen LogP contribution in [0.1, 0.15) is 13.8 Å². The van der Waals surface area contributed by atoms with Crippen LogP contribution in [0.3, 0.4) is 0 Å². The number of rotatable bonds is 3. The largest absolute Gasteiger partial charge is 0.481 e. The molecule has 1 aromatic heterocycles. The first-order chi connectivity index (χ1) is 7.92. The Bertz CT molecular complexity index is 570. The smallest absolute Gasteiger partial charge is 0.310 e. The molecule has 0 aliphatic carbocycles. The van der Waals surface area contributed by atoms with Gasteiger partial charge in [-0.15, -0.1) is 0 Å². The zero-order chi connectivity index (χ0) is 12.6. The molecule has 1 heterocycles. The van der Waals surface area contributed by atoms with Crippen LogP contribution in [-0.2, 0) is 11.3 Å². The van der Waals surface area contributed by atoms with Crippen LogP contribution in [0.4, 0.5) is 5.69 Å². The molecule has 0 unspecified atom stereocenters. The fourth-order valence-electron chi connectivity index (χ4n) is 1.92. The number of benzene rings is 1. The average molecular weight is 232 g/mol. The minimum Gasteiger partial charge on any atom is -0.481 e. The van der Waals surface area contributed by atoms with Crippen LogP contribution in [-0.4, -0.2) is 15.6 Å². The second-order valence-electron chi connectivity index (χ2n) is 4.92. The van der Waals surface area contributed by atoms with Crippen molar-refractivity contribution in [2.24, 2.45) is 5.41 Å². The van der Waals surface area contributed by atoms with Crippen molar-refractivity contribution in [3.63, 3.8) is 0 Å². The number of aliphatic carboxylic acids is 1. The number of hydrogen-bond donors (Lipinski definition) is 2.